The minimum absolute atomic E-state index is 0.288. The third-order valence-electron chi connectivity index (χ3n) is 2.26. The molecule has 0 rings (SSSR count). The first kappa shape index (κ1) is 16.4. The number of ether oxygens (including phenoxy) is 2. The maximum Gasteiger partial charge on any atom is 0.333 e. The van der Waals surface area contributed by atoms with Gasteiger partial charge < -0.3 is 9.47 Å². The highest BCUT2D eigenvalue weighted by atomic mass is 16.5. The second kappa shape index (κ2) is 9.45. The van der Waals surface area contributed by atoms with Gasteiger partial charge in [-0.2, -0.15) is 0 Å². The van der Waals surface area contributed by atoms with Crippen molar-refractivity contribution in [2.45, 2.75) is 40.5 Å². The molecule has 102 valence electrons. The molecule has 0 aromatic rings. The molecule has 0 aromatic carbocycles. The van der Waals surface area contributed by atoms with E-state index in [4.69, 9.17) is 9.47 Å². The predicted octanol–water partition coefficient (Wildman–Crippen LogP) is 2.79. The molecule has 0 amide bonds. The van der Waals surface area contributed by atoms with Crippen molar-refractivity contribution in [1.82, 2.24) is 0 Å². The molecule has 0 fully saturated rings. The summed E-state index contributed by atoms with van der Waals surface area (Å²) in [6, 6.07) is 0. The summed E-state index contributed by atoms with van der Waals surface area (Å²) in [6.07, 6.45) is 5.02. The number of allylic oxidation sites excluding steroid dienone is 2. The van der Waals surface area contributed by atoms with Gasteiger partial charge in [0.05, 0.1) is 13.2 Å². The Morgan fingerprint density at radius 2 is 1.17 bits per heavy atom. The van der Waals surface area contributed by atoms with Crippen molar-refractivity contribution in [3.63, 3.8) is 0 Å². The zero-order valence-corrected chi connectivity index (χ0v) is 11.6. The minimum Gasteiger partial charge on any atom is -0.463 e. The third kappa shape index (κ3) is 6.89. The van der Waals surface area contributed by atoms with E-state index in [1.54, 1.807) is 27.7 Å². The van der Waals surface area contributed by atoms with Crippen molar-refractivity contribution >= 4 is 11.9 Å². The van der Waals surface area contributed by atoms with Crippen molar-refractivity contribution in [3.05, 3.63) is 23.3 Å². The van der Waals surface area contributed by atoms with Crippen LogP contribution in [0.4, 0.5) is 0 Å². The molecule has 0 aromatic heterocycles. The number of hydrogen-bond donors (Lipinski definition) is 0. The summed E-state index contributed by atoms with van der Waals surface area (Å²) in [4.78, 5) is 22.6. The molecule has 0 unspecified atom stereocenters. The second-order valence-electron chi connectivity index (χ2n) is 3.79. The van der Waals surface area contributed by atoms with Crippen LogP contribution in [0.2, 0.25) is 0 Å². The van der Waals surface area contributed by atoms with Gasteiger partial charge >= 0.3 is 11.9 Å². The highest BCUT2D eigenvalue weighted by Crippen LogP contribution is 2.05. The normalized spacial score (nSPS) is 12.2. The Labute approximate surface area is 109 Å². The van der Waals surface area contributed by atoms with Gasteiger partial charge in [-0.05, 0) is 40.5 Å². The van der Waals surface area contributed by atoms with Crippen LogP contribution in [-0.4, -0.2) is 25.2 Å². The molecule has 4 nitrogen and oxygen atoms in total. The molecule has 0 aliphatic rings. The van der Waals surface area contributed by atoms with Gasteiger partial charge in [0.25, 0.3) is 0 Å². The SMILES string of the molecule is CCOC(=O)C(C)=CCCC=C(C)C(=O)OCC. The van der Waals surface area contributed by atoms with Crippen molar-refractivity contribution < 1.29 is 19.1 Å². The van der Waals surface area contributed by atoms with E-state index in [-0.39, 0.29) is 11.9 Å². The lowest BCUT2D eigenvalue weighted by Gasteiger charge is -2.02. The van der Waals surface area contributed by atoms with E-state index in [0.717, 1.165) is 0 Å². The van der Waals surface area contributed by atoms with Crippen LogP contribution in [-0.2, 0) is 19.1 Å². The van der Waals surface area contributed by atoms with Gasteiger partial charge in [-0.1, -0.05) is 12.2 Å². The molecular formula is C14H22O4. The van der Waals surface area contributed by atoms with Crippen LogP contribution in [0.5, 0.6) is 0 Å². The van der Waals surface area contributed by atoms with Crippen molar-refractivity contribution in [1.29, 1.82) is 0 Å². The van der Waals surface area contributed by atoms with Crippen molar-refractivity contribution in [2.24, 2.45) is 0 Å². The summed E-state index contributed by atoms with van der Waals surface area (Å²) in [5, 5.41) is 0. The van der Waals surface area contributed by atoms with Crippen LogP contribution < -0.4 is 0 Å². The second-order valence-corrected chi connectivity index (χ2v) is 3.79. The van der Waals surface area contributed by atoms with Crippen LogP contribution in [0.1, 0.15) is 40.5 Å². The molecule has 4 heteroatoms. The molecule has 0 saturated carbocycles. The summed E-state index contributed by atoms with van der Waals surface area (Å²) in [6.45, 7) is 7.75. The van der Waals surface area contributed by atoms with Crippen LogP contribution in [0.3, 0.4) is 0 Å². The van der Waals surface area contributed by atoms with E-state index >= 15 is 0 Å². The zero-order valence-electron chi connectivity index (χ0n) is 11.6. The average Bonchev–Trinajstić information content (AvgIpc) is 2.34. The third-order valence-corrected chi connectivity index (χ3v) is 2.26. The predicted molar refractivity (Wildman–Crippen MR) is 70.0 cm³/mol. The Kier molecular flexibility index (Phi) is 8.62. The summed E-state index contributed by atoms with van der Waals surface area (Å²) < 4.78 is 9.71. The van der Waals surface area contributed by atoms with Gasteiger partial charge in [-0.3, -0.25) is 0 Å². The first-order chi connectivity index (χ1) is 8.52. The Morgan fingerprint density at radius 3 is 1.44 bits per heavy atom. The fraction of sp³-hybridized carbons (Fsp3) is 0.571. The number of carbonyl (C=O) groups excluding carboxylic acids is 2. The maximum absolute atomic E-state index is 11.3. The molecule has 18 heavy (non-hydrogen) atoms. The Morgan fingerprint density at radius 1 is 0.833 bits per heavy atom. The maximum atomic E-state index is 11.3. The Bertz CT molecular complexity index is 306. The van der Waals surface area contributed by atoms with Gasteiger partial charge in [0.1, 0.15) is 0 Å². The number of unbranched alkanes of at least 4 members (excludes halogenated alkanes) is 1. The summed E-state index contributed by atoms with van der Waals surface area (Å²) in [5.41, 5.74) is 1.19. The topological polar surface area (TPSA) is 52.6 Å². The molecule has 0 spiro atoms. The molecule has 0 saturated heterocycles. The smallest absolute Gasteiger partial charge is 0.333 e. The molecule has 0 N–H and O–H groups in total. The van der Waals surface area contributed by atoms with Crippen LogP contribution in [0, 0.1) is 0 Å². The van der Waals surface area contributed by atoms with Gasteiger partial charge in [0, 0.05) is 11.1 Å². The van der Waals surface area contributed by atoms with E-state index in [0.29, 0.717) is 37.2 Å². The van der Waals surface area contributed by atoms with Gasteiger partial charge in [0.2, 0.25) is 0 Å². The molecule has 0 aliphatic carbocycles. The fourth-order valence-corrected chi connectivity index (χ4v) is 1.26. The van der Waals surface area contributed by atoms with Crippen LogP contribution in [0.15, 0.2) is 23.3 Å². The molecule has 0 aliphatic heterocycles. The number of rotatable bonds is 7. The largest absolute Gasteiger partial charge is 0.463 e. The Balaban J connectivity index is 4.11. The monoisotopic (exact) mass is 254 g/mol. The first-order valence-corrected chi connectivity index (χ1v) is 6.20. The lowest BCUT2D eigenvalue weighted by molar-refractivity contribution is -0.139. The average molecular weight is 254 g/mol. The summed E-state index contributed by atoms with van der Waals surface area (Å²) in [5.74, 6) is -0.577. The molecule has 0 atom stereocenters. The van der Waals surface area contributed by atoms with Crippen molar-refractivity contribution in [3.8, 4) is 0 Å². The molecule has 0 radical (unpaired) electrons. The molecule has 0 bridgehead atoms. The highest BCUT2D eigenvalue weighted by molar-refractivity contribution is 5.88. The summed E-state index contributed by atoms with van der Waals surface area (Å²) in [7, 11) is 0. The Hall–Kier alpha value is -1.58. The summed E-state index contributed by atoms with van der Waals surface area (Å²) >= 11 is 0. The minimum atomic E-state index is -0.288. The van der Waals surface area contributed by atoms with Crippen LogP contribution >= 0.6 is 0 Å². The van der Waals surface area contributed by atoms with Crippen molar-refractivity contribution in [2.75, 3.05) is 13.2 Å². The lowest BCUT2D eigenvalue weighted by Crippen LogP contribution is -2.05. The van der Waals surface area contributed by atoms with Gasteiger partial charge in [0.15, 0.2) is 0 Å². The van der Waals surface area contributed by atoms with E-state index < -0.39 is 0 Å². The number of esters is 2. The van der Waals surface area contributed by atoms with Crippen LogP contribution in [0.25, 0.3) is 0 Å². The fourth-order valence-electron chi connectivity index (χ4n) is 1.26. The quantitative estimate of drug-likeness (QED) is 0.398. The van der Waals surface area contributed by atoms with Gasteiger partial charge in [-0.15, -0.1) is 0 Å². The zero-order chi connectivity index (χ0) is 14.0. The molecular weight excluding hydrogens is 232 g/mol. The standard InChI is InChI=1S/C14H22O4/c1-5-17-13(15)11(3)9-7-8-10-12(4)14(16)18-6-2/h9-10H,5-8H2,1-4H3. The number of carbonyl (C=O) groups is 2. The van der Waals surface area contributed by atoms with E-state index in [9.17, 15) is 9.59 Å². The van der Waals surface area contributed by atoms with E-state index in [1.807, 2.05) is 12.2 Å². The van der Waals surface area contributed by atoms with E-state index in [1.165, 1.54) is 0 Å². The lowest BCUT2D eigenvalue weighted by atomic mass is 10.1. The number of hydrogen-bond acceptors (Lipinski definition) is 4. The first-order valence-electron chi connectivity index (χ1n) is 6.20. The van der Waals surface area contributed by atoms with Gasteiger partial charge in [-0.25, -0.2) is 9.59 Å². The highest BCUT2D eigenvalue weighted by Gasteiger charge is 2.04. The van der Waals surface area contributed by atoms with E-state index in [2.05, 4.69) is 0 Å². The molecule has 0 heterocycles.